The summed E-state index contributed by atoms with van der Waals surface area (Å²) in [6, 6.07) is -0.920. The van der Waals surface area contributed by atoms with Crippen LogP contribution in [0.5, 0.6) is 0 Å². The first-order valence-corrected chi connectivity index (χ1v) is 3.02. The fourth-order valence-electron chi connectivity index (χ4n) is 0.610. The Bertz CT molecular complexity index is 238. The van der Waals surface area contributed by atoms with E-state index in [0.29, 0.717) is 0 Å². The molecule has 3 N–H and O–H groups in total. The first kappa shape index (κ1) is 10.9. The standard InChI is InChI=1S/C5H8N4O2.ClH/c6-4(5(10)11)3-9-2-1-7-8-9;/h1-2,4H,3,6H2,(H,10,11);1H/t4-;/m1./s1. The maximum absolute atomic E-state index is 10.2. The molecule has 0 aliphatic heterocycles. The van der Waals surface area contributed by atoms with Gasteiger partial charge in [-0.15, -0.1) is 17.5 Å². The second-order valence-corrected chi connectivity index (χ2v) is 2.07. The average molecular weight is 193 g/mol. The maximum Gasteiger partial charge on any atom is 0.322 e. The minimum Gasteiger partial charge on any atom is -0.480 e. The number of halogens is 1. The van der Waals surface area contributed by atoms with Crippen molar-refractivity contribution in [1.29, 1.82) is 0 Å². The number of aliphatic carboxylic acids is 1. The number of carboxylic acid groups (broad SMARTS) is 1. The predicted octanol–water partition coefficient (Wildman–Crippen LogP) is -0.888. The highest BCUT2D eigenvalue weighted by Crippen LogP contribution is 1.85. The third kappa shape index (κ3) is 2.85. The molecule has 1 rings (SSSR count). The van der Waals surface area contributed by atoms with E-state index in [0.717, 1.165) is 0 Å². The Morgan fingerprint density at radius 2 is 2.42 bits per heavy atom. The van der Waals surface area contributed by atoms with E-state index in [-0.39, 0.29) is 19.0 Å². The Morgan fingerprint density at radius 3 is 2.83 bits per heavy atom. The summed E-state index contributed by atoms with van der Waals surface area (Å²) in [6.07, 6.45) is 3.03. The number of nitrogens with two attached hydrogens (primary N) is 1. The second-order valence-electron chi connectivity index (χ2n) is 2.07. The van der Waals surface area contributed by atoms with Gasteiger partial charge in [0.2, 0.25) is 0 Å². The van der Waals surface area contributed by atoms with Crippen LogP contribution < -0.4 is 5.73 Å². The Hall–Kier alpha value is -1.14. The van der Waals surface area contributed by atoms with Crippen molar-refractivity contribution >= 4 is 18.4 Å². The summed E-state index contributed by atoms with van der Waals surface area (Å²) in [5.74, 6) is -1.04. The lowest BCUT2D eigenvalue weighted by molar-refractivity contribution is -0.138. The molecule has 0 saturated carbocycles. The highest BCUT2D eigenvalue weighted by atomic mass is 35.5. The van der Waals surface area contributed by atoms with Crippen molar-refractivity contribution in [3.05, 3.63) is 12.4 Å². The maximum atomic E-state index is 10.2. The van der Waals surface area contributed by atoms with Crippen molar-refractivity contribution in [2.45, 2.75) is 12.6 Å². The van der Waals surface area contributed by atoms with Crippen LogP contribution in [-0.4, -0.2) is 32.1 Å². The van der Waals surface area contributed by atoms with Crippen molar-refractivity contribution in [1.82, 2.24) is 15.0 Å². The molecule has 1 heterocycles. The number of aromatic nitrogens is 3. The van der Waals surface area contributed by atoms with Crippen LogP contribution in [0.2, 0.25) is 0 Å². The average Bonchev–Trinajstić information content (AvgIpc) is 2.39. The summed E-state index contributed by atoms with van der Waals surface area (Å²) in [7, 11) is 0. The van der Waals surface area contributed by atoms with Crippen molar-refractivity contribution in [2.75, 3.05) is 0 Å². The topological polar surface area (TPSA) is 94.0 Å². The Kier molecular flexibility index (Phi) is 4.24. The lowest BCUT2D eigenvalue weighted by Crippen LogP contribution is -2.34. The molecule has 0 bridgehead atoms. The number of rotatable bonds is 3. The van der Waals surface area contributed by atoms with E-state index < -0.39 is 12.0 Å². The van der Waals surface area contributed by atoms with Crippen LogP contribution in [0.15, 0.2) is 12.4 Å². The summed E-state index contributed by atoms with van der Waals surface area (Å²) in [5.41, 5.74) is 5.22. The molecule has 0 unspecified atom stereocenters. The van der Waals surface area contributed by atoms with Crippen LogP contribution in [-0.2, 0) is 11.3 Å². The van der Waals surface area contributed by atoms with E-state index in [9.17, 15) is 4.79 Å². The van der Waals surface area contributed by atoms with Gasteiger partial charge in [0.05, 0.1) is 12.7 Å². The van der Waals surface area contributed by atoms with Crippen molar-refractivity contribution in [2.24, 2.45) is 5.73 Å². The third-order valence-electron chi connectivity index (χ3n) is 1.17. The van der Waals surface area contributed by atoms with Crippen molar-refractivity contribution in [3.8, 4) is 0 Å². The van der Waals surface area contributed by atoms with E-state index >= 15 is 0 Å². The van der Waals surface area contributed by atoms with Gasteiger partial charge in [-0.3, -0.25) is 9.48 Å². The summed E-state index contributed by atoms with van der Waals surface area (Å²) >= 11 is 0. The number of nitrogens with zero attached hydrogens (tertiary/aromatic N) is 3. The number of carboxylic acids is 1. The molecule has 0 fully saturated rings. The van der Waals surface area contributed by atoms with Crippen LogP contribution in [0.3, 0.4) is 0 Å². The quantitative estimate of drug-likeness (QED) is 0.648. The highest BCUT2D eigenvalue weighted by Gasteiger charge is 2.11. The molecule has 1 atom stereocenters. The number of hydrogen-bond acceptors (Lipinski definition) is 4. The molecular formula is C5H9ClN4O2. The van der Waals surface area contributed by atoms with E-state index in [1.54, 1.807) is 6.20 Å². The van der Waals surface area contributed by atoms with Gasteiger partial charge in [-0.2, -0.15) is 0 Å². The zero-order valence-electron chi connectivity index (χ0n) is 6.12. The lowest BCUT2D eigenvalue weighted by Gasteiger charge is -2.03. The van der Waals surface area contributed by atoms with Crippen LogP contribution in [0.1, 0.15) is 0 Å². The van der Waals surface area contributed by atoms with Gasteiger partial charge in [-0.1, -0.05) is 5.21 Å². The molecule has 68 valence electrons. The van der Waals surface area contributed by atoms with E-state index in [1.807, 2.05) is 0 Å². The summed E-state index contributed by atoms with van der Waals surface area (Å²) in [6.45, 7) is 0.148. The Balaban J connectivity index is 0.00000121. The van der Waals surface area contributed by atoms with Gasteiger partial charge >= 0.3 is 5.97 Å². The first-order chi connectivity index (χ1) is 5.20. The van der Waals surface area contributed by atoms with Crippen molar-refractivity contribution < 1.29 is 9.90 Å². The molecule has 7 heteroatoms. The van der Waals surface area contributed by atoms with Gasteiger partial charge in [-0.25, -0.2) is 0 Å². The molecule has 6 nitrogen and oxygen atoms in total. The normalized spacial score (nSPS) is 11.8. The molecule has 0 aliphatic rings. The number of carbonyl (C=O) groups is 1. The van der Waals surface area contributed by atoms with Gasteiger partial charge in [0.1, 0.15) is 6.04 Å². The fourth-order valence-corrected chi connectivity index (χ4v) is 0.610. The molecule has 0 radical (unpaired) electrons. The smallest absolute Gasteiger partial charge is 0.322 e. The minimum absolute atomic E-state index is 0. The summed E-state index contributed by atoms with van der Waals surface area (Å²) in [5, 5.41) is 15.5. The molecule has 1 aromatic rings. The third-order valence-corrected chi connectivity index (χ3v) is 1.17. The minimum atomic E-state index is -1.04. The molecular weight excluding hydrogens is 184 g/mol. The molecule has 0 aliphatic carbocycles. The van der Waals surface area contributed by atoms with Crippen molar-refractivity contribution in [3.63, 3.8) is 0 Å². The van der Waals surface area contributed by atoms with E-state index in [1.165, 1.54) is 10.9 Å². The van der Waals surface area contributed by atoms with Crippen LogP contribution in [0.25, 0.3) is 0 Å². The molecule has 0 aromatic carbocycles. The van der Waals surface area contributed by atoms with Gasteiger partial charge in [0, 0.05) is 6.20 Å². The number of hydrogen-bond donors (Lipinski definition) is 2. The van der Waals surface area contributed by atoms with Crippen LogP contribution in [0, 0.1) is 0 Å². The van der Waals surface area contributed by atoms with Gasteiger partial charge < -0.3 is 10.8 Å². The van der Waals surface area contributed by atoms with E-state index in [2.05, 4.69) is 10.3 Å². The zero-order chi connectivity index (χ0) is 8.27. The van der Waals surface area contributed by atoms with Gasteiger partial charge in [0.15, 0.2) is 0 Å². The first-order valence-electron chi connectivity index (χ1n) is 3.02. The highest BCUT2D eigenvalue weighted by molar-refractivity contribution is 5.85. The fraction of sp³-hybridized carbons (Fsp3) is 0.400. The Labute approximate surface area is 74.8 Å². The summed E-state index contributed by atoms with van der Waals surface area (Å²) in [4.78, 5) is 10.2. The second kappa shape index (κ2) is 4.68. The zero-order valence-corrected chi connectivity index (χ0v) is 6.94. The van der Waals surface area contributed by atoms with Gasteiger partial charge in [-0.05, 0) is 0 Å². The SMILES string of the molecule is Cl.N[C@H](Cn1ccnn1)C(=O)O. The largest absolute Gasteiger partial charge is 0.480 e. The Morgan fingerprint density at radius 1 is 1.75 bits per heavy atom. The van der Waals surface area contributed by atoms with Crippen LogP contribution in [0.4, 0.5) is 0 Å². The van der Waals surface area contributed by atoms with Crippen LogP contribution >= 0.6 is 12.4 Å². The lowest BCUT2D eigenvalue weighted by atomic mass is 10.3. The molecule has 0 spiro atoms. The summed E-state index contributed by atoms with van der Waals surface area (Å²) < 4.78 is 1.37. The molecule has 12 heavy (non-hydrogen) atoms. The predicted molar refractivity (Wildman–Crippen MR) is 42.9 cm³/mol. The van der Waals surface area contributed by atoms with Gasteiger partial charge in [0.25, 0.3) is 0 Å². The molecule has 0 amide bonds. The monoisotopic (exact) mass is 192 g/mol. The molecule has 1 aromatic heterocycles. The molecule has 0 saturated heterocycles. The van der Waals surface area contributed by atoms with E-state index in [4.69, 9.17) is 10.8 Å².